The number of nitrogens with zero attached hydrogens (tertiary/aromatic N) is 3. The fraction of sp³-hybridized carbons (Fsp3) is 0.462. The van der Waals surface area contributed by atoms with Crippen molar-refractivity contribution in [3.8, 4) is 0 Å². The van der Waals surface area contributed by atoms with Crippen LogP contribution in [0.25, 0.3) is 0 Å². The van der Waals surface area contributed by atoms with Gasteiger partial charge in [-0.2, -0.15) is 0 Å². The zero-order valence-corrected chi connectivity index (χ0v) is 20.0. The van der Waals surface area contributed by atoms with Gasteiger partial charge in [0.05, 0.1) is 5.56 Å². The van der Waals surface area contributed by atoms with Gasteiger partial charge in [-0.25, -0.2) is 0 Å². The quantitative estimate of drug-likeness (QED) is 0.621. The number of hydrogen-bond acceptors (Lipinski definition) is 4. The molecule has 176 valence electrons. The number of carbonyl (C=O) groups excluding carboxylic acids is 3. The van der Waals surface area contributed by atoms with E-state index in [4.69, 9.17) is 0 Å². The molecule has 6 nitrogen and oxygen atoms in total. The summed E-state index contributed by atoms with van der Waals surface area (Å²) in [6, 6.07) is 9.62. The van der Waals surface area contributed by atoms with E-state index in [1.807, 2.05) is 21.9 Å². The zero-order chi connectivity index (χ0) is 22.5. The Morgan fingerprint density at radius 1 is 0.939 bits per heavy atom. The molecule has 4 rings (SSSR count). The third-order valence-electron chi connectivity index (χ3n) is 6.87. The number of halogens is 1. The molecule has 0 unspecified atom stereocenters. The van der Waals surface area contributed by atoms with Crippen LogP contribution >= 0.6 is 12.4 Å². The van der Waals surface area contributed by atoms with Crippen molar-refractivity contribution in [2.45, 2.75) is 45.4 Å². The van der Waals surface area contributed by atoms with Crippen LogP contribution in [0, 0.1) is 5.92 Å². The number of pyridine rings is 1. The molecule has 0 atom stereocenters. The van der Waals surface area contributed by atoms with Gasteiger partial charge in [0.1, 0.15) is 0 Å². The van der Waals surface area contributed by atoms with E-state index < -0.39 is 0 Å². The third kappa shape index (κ3) is 6.20. The Labute approximate surface area is 201 Å². The molecule has 2 aliphatic rings. The minimum atomic E-state index is 0. The van der Waals surface area contributed by atoms with E-state index >= 15 is 0 Å². The summed E-state index contributed by atoms with van der Waals surface area (Å²) in [6.07, 6.45) is 8.24. The SMILES string of the molecule is CC(=O)N1CCC(CCC(=O)c2ccc3c(c2)CCN(C(=O)c2cccnc2)CC3)CC1.Cl. The van der Waals surface area contributed by atoms with Gasteiger partial charge in [-0.1, -0.05) is 12.1 Å². The van der Waals surface area contributed by atoms with Gasteiger partial charge in [-0.3, -0.25) is 19.4 Å². The molecule has 0 spiro atoms. The van der Waals surface area contributed by atoms with Gasteiger partial charge < -0.3 is 9.80 Å². The van der Waals surface area contributed by atoms with Crippen LogP contribution < -0.4 is 0 Å². The van der Waals surface area contributed by atoms with Crippen molar-refractivity contribution in [3.05, 3.63) is 65.0 Å². The van der Waals surface area contributed by atoms with Gasteiger partial charge in [0.15, 0.2) is 5.78 Å². The minimum absolute atomic E-state index is 0. The smallest absolute Gasteiger partial charge is 0.255 e. The number of carbonyl (C=O) groups is 3. The van der Waals surface area contributed by atoms with E-state index in [9.17, 15) is 14.4 Å². The maximum atomic E-state index is 12.9. The van der Waals surface area contributed by atoms with Gasteiger partial charge in [-0.05, 0) is 67.3 Å². The number of piperidine rings is 1. The van der Waals surface area contributed by atoms with E-state index in [0.717, 1.165) is 50.8 Å². The average Bonchev–Trinajstić information content (AvgIpc) is 3.05. The lowest BCUT2D eigenvalue weighted by molar-refractivity contribution is -0.130. The molecule has 0 bridgehead atoms. The molecule has 1 aromatic heterocycles. The number of hydrogen-bond donors (Lipinski definition) is 0. The molecule has 0 saturated carbocycles. The van der Waals surface area contributed by atoms with E-state index in [1.165, 1.54) is 11.1 Å². The second-order valence-electron chi connectivity index (χ2n) is 8.93. The van der Waals surface area contributed by atoms with Gasteiger partial charge >= 0.3 is 0 Å². The summed E-state index contributed by atoms with van der Waals surface area (Å²) in [4.78, 5) is 44.9. The summed E-state index contributed by atoms with van der Waals surface area (Å²) in [7, 11) is 0. The highest BCUT2D eigenvalue weighted by molar-refractivity contribution is 5.96. The van der Waals surface area contributed by atoms with E-state index in [1.54, 1.807) is 31.5 Å². The van der Waals surface area contributed by atoms with Crippen molar-refractivity contribution in [2.24, 2.45) is 5.92 Å². The lowest BCUT2D eigenvalue weighted by Crippen LogP contribution is -2.37. The predicted molar refractivity (Wildman–Crippen MR) is 130 cm³/mol. The number of amides is 2. The molecular formula is C26H32ClN3O3. The molecule has 2 aromatic rings. The van der Waals surface area contributed by atoms with Crippen LogP contribution in [-0.4, -0.2) is 58.6 Å². The number of rotatable bonds is 5. The van der Waals surface area contributed by atoms with Crippen molar-refractivity contribution >= 4 is 30.0 Å². The highest BCUT2D eigenvalue weighted by Gasteiger charge is 2.23. The van der Waals surface area contributed by atoms with E-state index in [2.05, 4.69) is 11.1 Å². The Kier molecular flexibility index (Phi) is 8.61. The van der Waals surface area contributed by atoms with Crippen LogP contribution in [-0.2, 0) is 17.6 Å². The van der Waals surface area contributed by atoms with Crippen molar-refractivity contribution in [2.75, 3.05) is 26.2 Å². The number of Topliss-reactive ketones (excluding diaryl/α,β-unsaturated/α-hetero) is 1. The van der Waals surface area contributed by atoms with Gasteiger partial charge in [-0.15, -0.1) is 12.4 Å². The highest BCUT2D eigenvalue weighted by atomic mass is 35.5. The molecule has 2 aliphatic heterocycles. The first-order valence-electron chi connectivity index (χ1n) is 11.6. The Balaban J connectivity index is 0.00000306. The van der Waals surface area contributed by atoms with Crippen molar-refractivity contribution in [3.63, 3.8) is 0 Å². The first-order valence-corrected chi connectivity index (χ1v) is 11.6. The summed E-state index contributed by atoms with van der Waals surface area (Å²) < 4.78 is 0. The molecule has 33 heavy (non-hydrogen) atoms. The second-order valence-corrected chi connectivity index (χ2v) is 8.93. The van der Waals surface area contributed by atoms with Crippen LogP contribution in [0.4, 0.5) is 0 Å². The van der Waals surface area contributed by atoms with Crippen molar-refractivity contribution in [1.29, 1.82) is 0 Å². The summed E-state index contributed by atoms with van der Waals surface area (Å²) >= 11 is 0. The highest BCUT2D eigenvalue weighted by Crippen LogP contribution is 2.24. The zero-order valence-electron chi connectivity index (χ0n) is 19.2. The standard InChI is InChI=1S/C26H31N3O3.ClH/c1-19(30)28-13-8-20(9-14-28)4-7-25(31)23-6-5-21-10-15-29(16-11-22(21)17-23)26(32)24-3-2-12-27-18-24;/h2-3,5-6,12,17-18,20H,4,7-11,13-16H2,1H3;1H. The number of likely N-dealkylation sites (tertiary alicyclic amines) is 1. The normalized spacial score (nSPS) is 16.4. The first-order chi connectivity index (χ1) is 15.5. The maximum Gasteiger partial charge on any atom is 0.255 e. The molecule has 1 saturated heterocycles. The van der Waals surface area contributed by atoms with Gasteiger partial charge in [0, 0.05) is 57.5 Å². The van der Waals surface area contributed by atoms with Gasteiger partial charge in [0.2, 0.25) is 5.91 Å². The van der Waals surface area contributed by atoms with E-state index in [0.29, 0.717) is 31.0 Å². The maximum absolute atomic E-state index is 12.9. The van der Waals surface area contributed by atoms with Crippen LogP contribution in [0.3, 0.4) is 0 Å². The molecule has 1 fully saturated rings. The number of aromatic nitrogens is 1. The molecule has 0 N–H and O–H groups in total. The Bertz CT molecular complexity index is 988. The van der Waals surface area contributed by atoms with Crippen LogP contribution in [0.15, 0.2) is 42.7 Å². The largest absolute Gasteiger partial charge is 0.343 e. The molecule has 1 aromatic carbocycles. The lowest BCUT2D eigenvalue weighted by atomic mass is 9.89. The average molecular weight is 470 g/mol. The number of benzene rings is 1. The second kappa shape index (κ2) is 11.4. The molecule has 3 heterocycles. The molecule has 2 amide bonds. The summed E-state index contributed by atoms with van der Waals surface area (Å²) in [5.41, 5.74) is 3.78. The first kappa shape index (κ1) is 24.9. The summed E-state index contributed by atoms with van der Waals surface area (Å²) in [6.45, 7) is 4.55. The predicted octanol–water partition coefficient (Wildman–Crippen LogP) is 3.97. The summed E-state index contributed by atoms with van der Waals surface area (Å²) in [5, 5.41) is 0. The van der Waals surface area contributed by atoms with E-state index in [-0.39, 0.29) is 30.0 Å². The molecule has 0 aliphatic carbocycles. The fourth-order valence-corrected chi connectivity index (χ4v) is 4.79. The molecule has 0 radical (unpaired) electrons. The lowest BCUT2D eigenvalue weighted by Gasteiger charge is -2.31. The number of ketones is 1. The third-order valence-corrected chi connectivity index (χ3v) is 6.87. The molecular weight excluding hydrogens is 438 g/mol. The van der Waals surface area contributed by atoms with Crippen molar-refractivity contribution < 1.29 is 14.4 Å². The number of fused-ring (bicyclic) bond motifs is 1. The topological polar surface area (TPSA) is 70.6 Å². The van der Waals surface area contributed by atoms with Crippen LogP contribution in [0.5, 0.6) is 0 Å². The van der Waals surface area contributed by atoms with Crippen molar-refractivity contribution in [1.82, 2.24) is 14.8 Å². The Hall–Kier alpha value is -2.73. The Morgan fingerprint density at radius 3 is 2.33 bits per heavy atom. The Morgan fingerprint density at radius 2 is 1.67 bits per heavy atom. The minimum Gasteiger partial charge on any atom is -0.343 e. The fourth-order valence-electron chi connectivity index (χ4n) is 4.79. The van der Waals surface area contributed by atoms with Crippen LogP contribution in [0.2, 0.25) is 0 Å². The summed E-state index contributed by atoms with van der Waals surface area (Å²) in [5.74, 6) is 0.861. The molecule has 7 heteroatoms. The monoisotopic (exact) mass is 469 g/mol. The van der Waals surface area contributed by atoms with Gasteiger partial charge in [0.25, 0.3) is 5.91 Å². The van der Waals surface area contributed by atoms with Crippen LogP contribution in [0.1, 0.15) is 64.4 Å².